The minimum absolute atomic E-state index is 0.0224. The van der Waals surface area contributed by atoms with E-state index in [-0.39, 0.29) is 18.7 Å². The molecule has 0 aliphatic heterocycles. The van der Waals surface area contributed by atoms with E-state index in [0.717, 1.165) is 22.8 Å². The van der Waals surface area contributed by atoms with Crippen LogP contribution in [0.5, 0.6) is 0 Å². The fourth-order valence-corrected chi connectivity index (χ4v) is 3.71. The number of nitro benzene ring substituents is 1. The number of ether oxygens (including phenoxy) is 1. The molecule has 0 saturated carbocycles. The molecule has 0 N–H and O–H groups in total. The largest absolute Gasteiger partial charge is 0.450 e. The van der Waals surface area contributed by atoms with Crippen molar-refractivity contribution < 1.29 is 14.5 Å². The molecule has 164 valence electrons. The molecule has 0 amide bonds. The third kappa shape index (κ3) is 5.41. The smallest absolute Gasteiger partial charge is 0.308 e. The second-order valence-electron chi connectivity index (χ2n) is 6.77. The van der Waals surface area contributed by atoms with Crippen LogP contribution in [0.15, 0.2) is 46.6 Å². The molecule has 11 heteroatoms. The Morgan fingerprint density at radius 3 is 2.81 bits per heavy atom. The summed E-state index contributed by atoms with van der Waals surface area (Å²) in [4.78, 5) is 24.3. The molecule has 0 aliphatic rings. The average molecular weight is 452 g/mol. The van der Waals surface area contributed by atoms with Gasteiger partial charge in [0.2, 0.25) is 0 Å². The third-order valence-corrected chi connectivity index (χ3v) is 5.47. The number of carbonyl (C=O) groups is 1. The summed E-state index contributed by atoms with van der Waals surface area (Å²) in [5.41, 5.74) is 3.08. The minimum Gasteiger partial charge on any atom is -0.450 e. The van der Waals surface area contributed by atoms with Gasteiger partial charge in [-0.25, -0.2) is 0 Å². The number of nitro groups is 1. The lowest BCUT2D eigenvalue weighted by Gasteiger charge is -2.23. The van der Waals surface area contributed by atoms with Crippen molar-refractivity contribution in [1.29, 1.82) is 5.26 Å². The number of nitriles is 1. The van der Waals surface area contributed by atoms with Gasteiger partial charge in [-0.05, 0) is 55.2 Å². The number of aromatic nitrogens is 1. The maximum atomic E-state index is 11.7. The lowest BCUT2D eigenvalue weighted by atomic mass is 10.1. The van der Waals surface area contributed by atoms with Crippen molar-refractivity contribution in [2.75, 3.05) is 24.6 Å². The average Bonchev–Trinajstić information content (AvgIpc) is 3.19. The number of aryl methyl sites for hydroxylation is 1. The normalized spacial score (nSPS) is 10.9. The van der Waals surface area contributed by atoms with E-state index < -0.39 is 10.9 Å². The van der Waals surface area contributed by atoms with Crippen LogP contribution < -0.4 is 4.90 Å². The summed E-state index contributed by atoms with van der Waals surface area (Å²) in [6.45, 7) is 4.80. The van der Waals surface area contributed by atoms with Gasteiger partial charge in [-0.3, -0.25) is 14.9 Å². The fourth-order valence-electron chi connectivity index (χ4n) is 3.03. The fraction of sp³-hybridized carbons (Fsp3) is 0.286. The van der Waals surface area contributed by atoms with E-state index in [9.17, 15) is 14.9 Å². The quantitative estimate of drug-likeness (QED) is 0.188. The molecule has 3 aromatic rings. The van der Waals surface area contributed by atoms with Crippen molar-refractivity contribution in [2.45, 2.75) is 20.3 Å². The number of anilines is 1. The zero-order valence-electron chi connectivity index (χ0n) is 17.5. The Bertz CT molecular complexity index is 1220. The van der Waals surface area contributed by atoms with E-state index >= 15 is 0 Å². The van der Waals surface area contributed by atoms with Gasteiger partial charge in [-0.2, -0.15) is 9.64 Å². The molecule has 1 heterocycles. The molecule has 10 nitrogen and oxygen atoms in total. The zero-order chi connectivity index (χ0) is 23.1. The highest BCUT2D eigenvalue weighted by Crippen LogP contribution is 2.35. The van der Waals surface area contributed by atoms with E-state index in [1.807, 2.05) is 36.9 Å². The highest BCUT2D eigenvalue weighted by atomic mass is 32.1. The van der Waals surface area contributed by atoms with E-state index in [0.29, 0.717) is 34.7 Å². The number of nitrogens with zero attached hydrogens (tertiary/aromatic N) is 6. The number of fused-ring (bicyclic) bond motifs is 1. The Morgan fingerprint density at radius 1 is 1.31 bits per heavy atom. The van der Waals surface area contributed by atoms with Gasteiger partial charge in [-0.15, -0.1) is 10.2 Å². The van der Waals surface area contributed by atoms with Crippen LogP contribution in [0, 0.1) is 28.4 Å². The first-order valence-electron chi connectivity index (χ1n) is 9.76. The Morgan fingerprint density at radius 2 is 2.12 bits per heavy atom. The summed E-state index contributed by atoms with van der Waals surface area (Å²) in [5.74, 6) is -0.413. The number of hydrogen-bond acceptors (Lipinski definition) is 10. The molecule has 0 saturated heterocycles. The summed E-state index contributed by atoms with van der Waals surface area (Å²) in [7, 11) is 0. The predicted molar refractivity (Wildman–Crippen MR) is 121 cm³/mol. The number of rotatable bonds is 9. The molecule has 1 aromatic heterocycles. The Labute approximate surface area is 188 Å². The first-order chi connectivity index (χ1) is 15.4. The number of non-ortho nitro benzene ring substituents is 1. The van der Waals surface area contributed by atoms with E-state index in [1.165, 1.54) is 12.1 Å². The van der Waals surface area contributed by atoms with Crippen molar-refractivity contribution in [3.8, 4) is 6.07 Å². The molecule has 3 rings (SSSR count). The van der Waals surface area contributed by atoms with Crippen LogP contribution in [0.25, 0.3) is 10.9 Å². The van der Waals surface area contributed by atoms with Gasteiger partial charge >= 0.3 is 5.97 Å². The standard InChI is InChI=1S/C21H20N6O4S/c1-3-26(10-8-20(28)31-11-9-22)15-4-6-18(14(2)12-15)23-24-21-17-13-16(27(29)30)5-7-19(17)25-32-21/h4-7,12-13H,3,8,10-11H2,1-2H3. The Kier molecular flexibility index (Phi) is 7.41. The summed E-state index contributed by atoms with van der Waals surface area (Å²) in [6.07, 6.45) is 0.181. The van der Waals surface area contributed by atoms with Crippen LogP contribution in [0.1, 0.15) is 18.9 Å². The number of benzene rings is 2. The summed E-state index contributed by atoms with van der Waals surface area (Å²) < 4.78 is 9.05. The zero-order valence-corrected chi connectivity index (χ0v) is 18.3. The van der Waals surface area contributed by atoms with Gasteiger partial charge in [0.25, 0.3) is 5.69 Å². The molecule has 0 radical (unpaired) electrons. The molecule has 0 fully saturated rings. The summed E-state index contributed by atoms with van der Waals surface area (Å²) >= 11 is 1.13. The highest BCUT2D eigenvalue weighted by Gasteiger charge is 2.13. The first-order valence-corrected chi connectivity index (χ1v) is 10.5. The lowest BCUT2D eigenvalue weighted by Crippen LogP contribution is -2.26. The number of azo groups is 1. The van der Waals surface area contributed by atoms with Crippen LogP contribution in [-0.2, 0) is 9.53 Å². The number of carbonyl (C=O) groups excluding carboxylic acids is 1. The van der Waals surface area contributed by atoms with Crippen molar-refractivity contribution in [3.63, 3.8) is 0 Å². The lowest BCUT2D eigenvalue weighted by molar-refractivity contribution is -0.384. The predicted octanol–water partition coefficient (Wildman–Crippen LogP) is 5.21. The number of esters is 1. The van der Waals surface area contributed by atoms with Crippen LogP contribution in [0.4, 0.5) is 22.1 Å². The SMILES string of the molecule is CCN(CCC(=O)OCC#N)c1ccc(N=Nc2snc3ccc([N+](=O)[O-])cc23)c(C)c1. The molecule has 0 bridgehead atoms. The van der Waals surface area contributed by atoms with Crippen molar-refractivity contribution >= 4 is 50.5 Å². The molecule has 0 spiro atoms. The van der Waals surface area contributed by atoms with Gasteiger partial charge < -0.3 is 9.64 Å². The maximum absolute atomic E-state index is 11.7. The minimum atomic E-state index is -0.455. The van der Waals surface area contributed by atoms with E-state index in [2.05, 4.69) is 14.6 Å². The van der Waals surface area contributed by atoms with Gasteiger partial charge in [-0.1, -0.05) is 0 Å². The second kappa shape index (κ2) is 10.4. The number of hydrogen-bond donors (Lipinski definition) is 0. The highest BCUT2D eigenvalue weighted by molar-refractivity contribution is 7.11. The maximum Gasteiger partial charge on any atom is 0.308 e. The van der Waals surface area contributed by atoms with Crippen LogP contribution in [0.2, 0.25) is 0 Å². The van der Waals surface area contributed by atoms with E-state index in [1.54, 1.807) is 12.1 Å². The van der Waals surface area contributed by atoms with Gasteiger partial charge in [0.1, 0.15) is 6.07 Å². The topological polar surface area (TPSA) is 134 Å². The van der Waals surface area contributed by atoms with Crippen LogP contribution in [-0.4, -0.2) is 35.0 Å². The molecular weight excluding hydrogens is 432 g/mol. The molecule has 32 heavy (non-hydrogen) atoms. The van der Waals surface area contributed by atoms with E-state index in [4.69, 9.17) is 10.00 Å². The molecule has 0 atom stereocenters. The first kappa shape index (κ1) is 22.8. The van der Waals surface area contributed by atoms with Gasteiger partial charge in [0.05, 0.1) is 22.5 Å². The molecule has 2 aromatic carbocycles. The van der Waals surface area contributed by atoms with Crippen LogP contribution in [0.3, 0.4) is 0 Å². The molecular formula is C21H20N6O4S. The molecule has 0 unspecified atom stereocenters. The monoisotopic (exact) mass is 452 g/mol. The summed E-state index contributed by atoms with van der Waals surface area (Å²) in [6, 6.07) is 11.9. The third-order valence-electron chi connectivity index (χ3n) is 4.71. The van der Waals surface area contributed by atoms with Gasteiger partial charge in [0, 0.05) is 36.3 Å². The van der Waals surface area contributed by atoms with Crippen molar-refractivity contribution in [1.82, 2.24) is 4.37 Å². The Hall–Kier alpha value is -3.91. The Balaban J connectivity index is 1.75. The second-order valence-corrected chi connectivity index (χ2v) is 7.52. The van der Waals surface area contributed by atoms with Crippen molar-refractivity contribution in [3.05, 3.63) is 52.1 Å². The molecule has 0 aliphatic carbocycles. The van der Waals surface area contributed by atoms with Crippen molar-refractivity contribution in [2.24, 2.45) is 10.2 Å². The van der Waals surface area contributed by atoms with Gasteiger partial charge in [0.15, 0.2) is 11.6 Å². The summed E-state index contributed by atoms with van der Waals surface area (Å²) in [5, 5.41) is 29.2. The van der Waals surface area contributed by atoms with Crippen LogP contribution >= 0.6 is 11.5 Å².